The summed E-state index contributed by atoms with van der Waals surface area (Å²) in [6.07, 6.45) is 0.666. The number of nitrogens with one attached hydrogen (secondary N) is 1. The molecule has 0 radical (unpaired) electrons. The first-order valence-electron chi connectivity index (χ1n) is 4.16. The molecule has 12 heavy (non-hydrogen) atoms. The van der Waals surface area contributed by atoms with Crippen molar-refractivity contribution in [3.05, 3.63) is 0 Å². The molecular formula is C8H18ClNO2. The van der Waals surface area contributed by atoms with Gasteiger partial charge in [-0.25, -0.2) is 0 Å². The lowest BCUT2D eigenvalue weighted by molar-refractivity contribution is -0.111. The number of hydrogen-bond donors (Lipinski definition) is 2. The average molecular weight is 196 g/mol. The zero-order valence-corrected chi connectivity index (χ0v) is 8.49. The van der Waals surface area contributed by atoms with E-state index in [4.69, 9.17) is 9.84 Å². The number of rotatable bonds is 2. The smallest absolute Gasteiger partial charge is 0.118 e. The van der Waals surface area contributed by atoms with Crippen LogP contribution in [0.5, 0.6) is 0 Å². The minimum atomic E-state index is -0.290. The second-order valence-corrected chi connectivity index (χ2v) is 3.50. The first-order chi connectivity index (χ1) is 5.16. The summed E-state index contributed by atoms with van der Waals surface area (Å²) in [6.45, 7) is 6.08. The van der Waals surface area contributed by atoms with E-state index < -0.39 is 0 Å². The number of aliphatic hydroxyl groups is 1. The van der Waals surface area contributed by atoms with Gasteiger partial charge in [0, 0.05) is 19.6 Å². The van der Waals surface area contributed by atoms with Crippen molar-refractivity contribution in [3.63, 3.8) is 0 Å². The van der Waals surface area contributed by atoms with Crippen molar-refractivity contribution in [2.45, 2.75) is 26.0 Å². The second-order valence-electron chi connectivity index (χ2n) is 3.50. The van der Waals surface area contributed by atoms with E-state index >= 15 is 0 Å². The van der Waals surface area contributed by atoms with Gasteiger partial charge in [0.25, 0.3) is 0 Å². The molecule has 1 aliphatic rings. The first-order valence-corrected chi connectivity index (χ1v) is 4.16. The quantitative estimate of drug-likeness (QED) is 0.684. The third-order valence-corrected chi connectivity index (χ3v) is 2.10. The van der Waals surface area contributed by atoms with Crippen molar-refractivity contribution in [3.8, 4) is 0 Å². The van der Waals surface area contributed by atoms with Crippen LogP contribution in [-0.2, 0) is 4.74 Å². The van der Waals surface area contributed by atoms with Crippen LogP contribution < -0.4 is 5.32 Å². The van der Waals surface area contributed by atoms with Crippen LogP contribution >= 0.6 is 12.4 Å². The van der Waals surface area contributed by atoms with Gasteiger partial charge in [-0.2, -0.15) is 0 Å². The van der Waals surface area contributed by atoms with Gasteiger partial charge in [0.2, 0.25) is 0 Å². The third kappa shape index (κ3) is 3.27. The molecule has 0 aromatic carbocycles. The highest BCUT2D eigenvalue weighted by molar-refractivity contribution is 5.85. The molecule has 0 aromatic heterocycles. The Hall–Kier alpha value is 0.170. The lowest BCUT2D eigenvalue weighted by Crippen LogP contribution is -2.52. The zero-order chi connectivity index (χ0) is 8.32. The molecule has 0 aliphatic carbocycles. The molecule has 0 aromatic rings. The third-order valence-electron chi connectivity index (χ3n) is 2.10. The SMILES string of the molecule is CC1CNC(C)(CCO)OC1.Cl. The van der Waals surface area contributed by atoms with Crippen molar-refractivity contribution >= 4 is 12.4 Å². The van der Waals surface area contributed by atoms with Crippen LogP contribution in [0.2, 0.25) is 0 Å². The molecule has 0 bridgehead atoms. The molecule has 4 heteroatoms. The largest absolute Gasteiger partial charge is 0.396 e. The van der Waals surface area contributed by atoms with Gasteiger partial charge in [0.1, 0.15) is 5.72 Å². The highest BCUT2D eigenvalue weighted by Crippen LogP contribution is 2.17. The van der Waals surface area contributed by atoms with Crippen LogP contribution in [0.1, 0.15) is 20.3 Å². The van der Waals surface area contributed by atoms with E-state index in [1.807, 2.05) is 6.92 Å². The van der Waals surface area contributed by atoms with Crippen LogP contribution in [0.15, 0.2) is 0 Å². The second kappa shape index (κ2) is 5.02. The van der Waals surface area contributed by atoms with Crippen LogP contribution in [0.4, 0.5) is 0 Å². The van der Waals surface area contributed by atoms with Gasteiger partial charge in [0.05, 0.1) is 6.61 Å². The number of ether oxygens (including phenoxy) is 1. The maximum Gasteiger partial charge on any atom is 0.118 e. The summed E-state index contributed by atoms with van der Waals surface area (Å²) in [4.78, 5) is 0. The Labute approximate surface area is 79.9 Å². The van der Waals surface area contributed by atoms with E-state index in [9.17, 15) is 0 Å². The van der Waals surface area contributed by atoms with Crippen LogP contribution in [0, 0.1) is 5.92 Å². The normalized spacial score (nSPS) is 35.8. The Bertz CT molecular complexity index is 124. The van der Waals surface area contributed by atoms with Crippen molar-refractivity contribution in [2.75, 3.05) is 19.8 Å². The van der Waals surface area contributed by atoms with Crippen LogP contribution in [0.3, 0.4) is 0 Å². The van der Waals surface area contributed by atoms with Crippen molar-refractivity contribution < 1.29 is 9.84 Å². The van der Waals surface area contributed by atoms with Crippen molar-refractivity contribution in [1.29, 1.82) is 0 Å². The molecule has 2 atom stereocenters. The summed E-state index contributed by atoms with van der Waals surface area (Å²) in [5.74, 6) is 0.585. The number of hydrogen-bond acceptors (Lipinski definition) is 3. The summed E-state index contributed by atoms with van der Waals surface area (Å²) >= 11 is 0. The van der Waals surface area contributed by atoms with Gasteiger partial charge < -0.3 is 9.84 Å². The van der Waals surface area contributed by atoms with Crippen molar-refractivity contribution in [2.24, 2.45) is 5.92 Å². The topological polar surface area (TPSA) is 41.5 Å². The predicted octanol–water partition coefficient (Wildman–Crippen LogP) is 0.763. The molecule has 1 aliphatic heterocycles. The summed E-state index contributed by atoms with van der Waals surface area (Å²) in [5.41, 5.74) is -0.290. The Morgan fingerprint density at radius 1 is 1.67 bits per heavy atom. The molecular weight excluding hydrogens is 178 g/mol. The standard InChI is InChI=1S/C8H17NO2.ClH/c1-7-5-9-8(2,3-4-10)11-6-7;/h7,9-10H,3-6H2,1-2H3;1H. The number of halogens is 1. The lowest BCUT2D eigenvalue weighted by atomic mass is 10.1. The summed E-state index contributed by atoms with van der Waals surface area (Å²) in [7, 11) is 0. The van der Waals surface area contributed by atoms with Crippen LogP contribution in [-0.4, -0.2) is 30.6 Å². The Morgan fingerprint density at radius 3 is 2.75 bits per heavy atom. The van der Waals surface area contributed by atoms with Gasteiger partial charge in [-0.3, -0.25) is 5.32 Å². The molecule has 2 N–H and O–H groups in total. The highest BCUT2D eigenvalue weighted by atomic mass is 35.5. The molecule has 2 unspecified atom stereocenters. The highest BCUT2D eigenvalue weighted by Gasteiger charge is 2.28. The van der Waals surface area contributed by atoms with E-state index in [0.717, 1.165) is 13.2 Å². The molecule has 1 heterocycles. The molecule has 0 spiro atoms. The molecule has 3 nitrogen and oxygen atoms in total. The average Bonchev–Trinajstić information content (AvgIpc) is 1.97. The molecule has 74 valence electrons. The van der Waals surface area contributed by atoms with Crippen LogP contribution in [0.25, 0.3) is 0 Å². The lowest BCUT2D eigenvalue weighted by Gasteiger charge is -2.37. The van der Waals surface area contributed by atoms with Gasteiger partial charge >= 0.3 is 0 Å². The Kier molecular flexibility index (Phi) is 5.09. The van der Waals surface area contributed by atoms with Gasteiger partial charge in [0.15, 0.2) is 0 Å². The fourth-order valence-electron chi connectivity index (χ4n) is 1.20. The van der Waals surface area contributed by atoms with E-state index in [0.29, 0.717) is 12.3 Å². The van der Waals surface area contributed by atoms with Gasteiger partial charge in [-0.15, -0.1) is 12.4 Å². The molecule has 0 saturated carbocycles. The molecule has 1 fully saturated rings. The minimum Gasteiger partial charge on any atom is -0.396 e. The zero-order valence-electron chi connectivity index (χ0n) is 7.67. The number of aliphatic hydroxyl groups excluding tert-OH is 1. The monoisotopic (exact) mass is 195 g/mol. The van der Waals surface area contributed by atoms with E-state index in [-0.39, 0.29) is 24.7 Å². The van der Waals surface area contributed by atoms with Gasteiger partial charge in [-0.05, 0) is 12.8 Å². The Balaban J connectivity index is 0.00000121. The fraction of sp³-hybridized carbons (Fsp3) is 1.00. The molecule has 1 rings (SSSR count). The molecule has 0 amide bonds. The fourth-order valence-corrected chi connectivity index (χ4v) is 1.20. The summed E-state index contributed by atoms with van der Waals surface area (Å²) in [5, 5.41) is 12.0. The van der Waals surface area contributed by atoms with E-state index in [2.05, 4.69) is 12.2 Å². The van der Waals surface area contributed by atoms with E-state index in [1.54, 1.807) is 0 Å². The predicted molar refractivity (Wildman–Crippen MR) is 50.5 cm³/mol. The maximum absolute atomic E-state index is 8.73. The van der Waals surface area contributed by atoms with Gasteiger partial charge in [-0.1, -0.05) is 6.92 Å². The van der Waals surface area contributed by atoms with Crippen molar-refractivity contribution in [1.82, 2.24) is 5.32 Å². The molecule has 1 saturated heterocycles. The van der Waals surface area contributed by atoms with E-state index in [1.165, 1.54) is 0 Å². The first kappa shape index (κ1) is 12.2. The summed E-state index contributed by atoms with van der Waals surface area (Å²) < 4.78 is 5.55. The maximum atomic E-state index is 8.73. The minimum absolute atomic E-state index is 0. The Morgan fingerprint density at radius 2 is 2.33 bits per heavy atom. The summed E-state index contributed by atoms with van der Waals surface area (Å²) in [6, 6.07) is 0.